The normalized spacial score (nSPS) is 20.9. The summed E-state index contributed by atoms with van der Waals surface area (Å²) in [5.41, 5.74) is 3.43. The van der Waals surface area contributed by atoms with Crippen molar-refractivity contribution in [2.45, 2.75) is 39.0 Å². The lowest BCUT2D eigenvalue weighted by Gasteiger charge is -2.39. The largest absolute Gasteiger partial charge is 0.497 e. The van der Waals surface area contributed by atoms with Gasteiger partial charge in [0.1, 0.15) is 17.4 Å². The Balaban J connectivity index is 1.91. The Morgan fingerprint density at radius 1 is 0.947 bits per heavy atom. The summed E-state index contributed by atoms with van der Waals surface area (Å²) in [6, 6.07) is 14.6. The van der Waals surface area contributed by atoms with E-state index in [2.05, 4.69) is 5.32 Å². The van der Waals surface area contributed by atoms with Crippen molar-refractivity contribution in [1.82, 2.24) is 5.32 Å². The molecular weight excluding hydrogens is 486 g/mol. The molecule has 1 aliphatic carbocycles. The Labute approximate surface area is 222 Å². The van der Waals surface area contributed by atoms with Crippen LogP contribution in [0.3, 0.4) is 0 Å². The first-order valence-electron chi connectivity index (χ1n) is 12.7. The number of ether oxygens (including phenoxy) is 4. The number of carbonyl (C=O) groups excluding carboxylic acids is 3. The van der Waals surface area contributed by atoms with Gasteiger partial charge in [-0.05, 0) is 56.5 Å². The Morgan fingerprint density at radius 2 is 1.63 bits per heavy atom. The molecule has 0 amide bonds. The van der Waals surface area contributed by atoms with Crippen LogP contribution in [0.1, 0.15) is 50.2 Å². The Morgan fingerprint density at radius 3 is 2.26 bits per heavy atom. The van der Waals surface area contributed by atoms with Crippen LogP contribution in [0.5, 0.6) is 11.5 Å². The highest BCUT2D eigenvalue weighted by Gasteiger charge is 2.49. The molecule has 38 heavy (non-hydrogen) atoms. The number of ketones is 1. The minimum absolute atomic E-state index is 0.139. The second kappa shape index (κ2) is 11.5. The predicted octanol–water partition coefficient (Wildman–Crippen LogP) is 4.42. The second-order valence-electron chi connectivity index (χ2n) is 9.13. The lowest BCUT2D eigenvalue weighted by atomic mass is 9.67. The number of dihydropyridines is 1. The van der Waals surface area contributed by atoms with Crippen LogP contribution in [-0.4, -0.2) is 45.2 Å². The standard InChI is InChI=1S/C30H33NO7/c1-6-37-29(33)24-17(3)31-22-16-21(20-10-8-9-11-23(20)36-5)26(30(34)38-7-2)28(32)27(22)25(24)18-12-14-19(35-4)15-13-18/h8-15,21,25-26,31H,6-7,16H2,1-5H3/t21-,25+,26-/m0/s1. The van der Waals surface area contributed by atoms with Crippen LogP contribution in [0.4, 0.5) is 0 Å². The number of allylic oxidation sites excluding steroid dienone is 3. The number of nitrogens with one attached hydrogen (secondary N) is 1. The molecule has 3 atom stereocenters. The van der Waals surface area contributed by atoms with E-state index in [1.165, 1.54) is 0 Å². The molecule has 0 aromatic heterocycles. The molecule has 4 rings (SSSR count). The molecule has 0 bridgehead atoms. The highest BCUT2D eigenvalue weighted by Crippen LogP contribution is 2.49. The van der Waals surface area contributed by atoms with E-state index in [0.717, 1.165) is 5.56 Å². The summed E-state index contributed by atoms with van der Waals surface area (Å²) in [4.78, 5) is 40.9. The average molecular weight is 520 g/mol. The third-order valence-corrected chi connectivity index (χ3v) is 7.04. The summed E-state index contributed by atoms with van der Waals surface area (Å²) >= 11 is 0. The zero-order chi connectivity index (χ0) is 27.4. The smallest absolute Gasteiger partial charge is 0.336 e. The van der Waals surface area contributed by atoms with Crippen LogP contribution in [0, 0.1) is 5.92 Å². The molecule has 2 aromatic rings. The van der Waals surface area contributed by atoms with E-state index in [0.29, 0.717) is 46.0 Å². The first-order chi connectivity index (χ1) is 18.4. The molecule has 1 aliphatic heterocycles. The van der Waals surface area contributed by atoms with Crippen LogP contribution in [-0.2, 0) is 23.9 Å². The van der Waals surface area contributed by atoms with Gasteiger partial charge >= 0.3 is 11.9 Å². The Kier molecular flexibility index (Phi) is 8.20. The van der Waals surface area contributed by atoms with E-state index in [-0.39, 0.29) is 19.0 Å². The lowest BCUT2D eigenvalue weighted by molar-refractivity contribution is -0.152. The van der Waals surface area contributed by atoms with Crippen LogP contribution in [0.2, 0.25) is 0 Å². The van der Waals surface area contributed by atoms with Gasteiger partial charge in [-0.25, -0.2) is 4.79 Å². The molecule has 2 aliphatic rings. The third-order valence-electron chi connectivity index (χ3n) is 7.04. The van der Waals surface area contributed by atoms with Gasteiger partial charge in [-0.2, -0.15) is 0 Å². The Bertz CT molecular complexity index is 1290. The van der Waals surface area contributed by atoms with Crippen molar-refractivity contribution in [2.75, 3.05) is 27.4 Å². The number of para-hydroxylation sites is 1. The third kappa shape index (κ3) is 4.90. The molecule has 0 unspecified atom stereocenters. The number of Topliss-reactive ketones (excluding diaryl/α,β-unsaturated/α-hetero) is 1. The van der Waals surface area contributed by atoms with Gasteiger partial charge in [0.05, 0.1) is 33.0 Å². The second-order valence-corrected chi connectivity index (χ2v) is 9.13. The number of benzene rings is 2. The predicted molar refractivity (Wildman–Crippen MR) is 141 cm³/mol. The summed E-state index contributed by atoms with van der Waals surface area (Å²) in [7, 11) is 3.13. The van der Waals surface area contributed by atoms with Gasteiger partial charge in [-0.15, -0.1) is 0 Å². The van der Waals surface area contributed by atoms with Gasteiger partial charge < -0.3 is 24.3 Å². The highest BCUT2D eigenvalue weighted by atomic mass is 16.5. The minimum atomic E-state index is -1.10. The summed E-state index contributed by atoms with van der Waals surface area (Å²) in [6.45, 7) is 5.57. The number of rotatable bonds is 8. The van der Waals surface area contributed by atoms with Crippen molar-refractivity contribution in [1.29, 1.82) is 0 Å². The molecule has 2 aromatic carbocycles. The number of carbonyl (C=O) groups is 3. The lowest BCUT2D eigenvalue weighted by Crippen LogP contribution is -2.43. The van der Waals surface area contributed by atoms with Gasteiger partial charge in [-0.1, -0.05) is 30.3 Å². The SMILES string of the molecule is CCOC(=O)C1=C(C)NC2=C(C(=O)[C@@H](C(=O)OCC)[C@H](c3ccccc3OC)C2)[C@@H]1c1ccc(OC)cc1. The molecular formula is C30H33NO7. The average Bonchev–Trinajstić information content (AvgIpc) is 2.92. The topological polar surface area (TPSA) is 100 Å². The molecule has 0 saturated heterocycles. The molecule has 200 valence electrons. The van der Waals surface area contributed by atoms with Crippen molar-refractivity contribution in [2.24, 2.45) is 5.92 Å². The van der Waals surface area contributed by atoms with E-state index in [9.17, 15) is 14.4 Å². The summed E-state index contributed by atoms with van der Waals surface area (Å²) in [5.74, 6) is -2.61. The zero-order valence-corrected chi connectivity index (χ0v) is 22.3. The first kappa shape index (κ1) is 27.0. The molecule has 1 N–H and O–H groups in total. The summed E-state index contributed by atoms with van der Waals surface area (Å²) in [6.07, 6.45) is 0.352. The molecule has 0 fully saturated rings. The molecule has 0 radical (unpaired) electrons. The maximum absolute atomic E-state index is 14.4. The molecule has 0 spiro atoms. The van der Waals surface area contributed by atoms with E-state index < -0.39 is 29.7 Å². The molecule has 1 heterocycles. The minimum Gasteiger partial charge on any atom is -0.497 e. The van der Waals surface area contributed by atoms with Gasteiger partial charge in [0.15, 0.2) is 5.78 Å². The maximum Gasteiger partial charge on any atom is 0.336 e. The molecule has 8 heteroatoms. The van der Waals surface area contributed by atoms with E-state index >= 15 is 0 Å². The molecule has 0 saturated carbocycles. The van der Waals surface area contributed by atoms with Crippen LogP contribution < -0.4 is 14.8 Å². The van der Waals surface area contributed by atoms with Crippen molar-refractivity contribution in [3.8, 4) is 11.5 Å². The van der Waals surface area contributed by atoms with Gasteiger partial charge in [0.25, 0.3) is 0 Å². The van der Waals surface area contributed by atoms with Crippen molar-refractivity contribution >= 4 is 17.7 Å². The van der Waals surface area contributed by atoms with Gasteiger partial charge in [0, 0.05) is 28.8 Å². The molecule has 8 nitrogen and oxygen atoms in total. The summed E-state index contributed by atoms with van der Waals surface area (Å²) in [5, 5.41) is 3.31. The van der Waals surface area contributed by atoms with Crippen molar-refractivity contribution in [3.05, 3.63) is 82.2 Å². The fourth-order valence-electron chi connectivity index (χ4n) is 5.41. The number of methoxy groups -OCH3 is 2. The number of hydrogen-bond donors (Lipinski definition) is 1. The fourth-order valence-corrected chi connectivity index (χ4v) is 5.41. The fraction of sp³-hybridized carbons (Fsp3) is 0.367. The van der Waals surface area contributed by atoms with Crippen LogP contribution in [0.25, 0.3) is 0 Å². The van der Waals surface area contributed by atoms with E-state index in [4.69, 9.17) is 18.9 Å². The maximum atomic E-state index is 14.4. The number of hydrogen-bond acceptors (Lipinski definition) is 8. The van der Waals surface area contributed by atoms with Crippen molar-refractivity contribution < 1.29 is 33.3 Å². The number of esters is 2. The van der Waals surface area contributed by atoms with Crippen LogP contribution in [0.15, 0.2) is 71.1 Å². The quantitative estimate of drug-likeness (QED) is 0.404. The van der Waals surface area contributed by atoms with Crippen molar-refractivity contribution in [3.63, 3.8) is 0 Å². The van der Waals surface area contributed by atoms with E-state index in [1.54, 1.807) is 47.1 Å². The highest BCUT2D eigenvalue weighted by molar-refractivity contribution is 6.13. The van der Waals surface area contributed by atoms with Crippen LogP contribution >= 0.6 is 0 Å². The summed E-state index contributed by atoms with van der Waals surface area (Å²) < 4.78 is 21.7. The van der Waals surface area contributed by atoms with Gasteiger partial charge in [-0.3, -0.25) is 9.59 Å². The zero-order valence-electron chi connectivity index (χ0n) is 22.3. The van der Waals surface area contributed by atoms with Gasteiger partial charge in [0.2, 0.25) is 0 Å². The monoisotopic (exact) mass is 519 g/mol. The van der Waals surface area contributed by atoms with E-state index in [1.807, 2.05) is 36.4 Å². The Hall–Kier alpha value is -4.07. The first-order valence-corrected chi connectivity index (χ1v) is 12.7.